The molecule has 26 heavy (non-hydrogen) atoms. The Morgan fingerprint density at radius 3 is 2.85 bits per heavy atom. The third-order valence-corrected chi connectivity index (χ3v) is 4.19. The Hall–Kier alpha value is -3.25. The fraction of sp³-hybridized carbons (Fsp3) is 0.0526. The van der Waals surface area contributed by atoms with Crippen molar-refractivity contribution in [2.45, 2.75) is 0 Å². The molecular weight excluding hydrogens is 352 g/mol. The van der Waals surface area contributed by atoms with Crippen molar-refractivity contribution in [1.29, 1.82) is 0 Å². The number of hydrogen-bond acceptors (Lipinski definition) is 5. The lowest BCUT2D eigenvalue weighted by molar-refractivity contribution is 0.373. The van der Waals surface area contributed by atoms with Crippen LogP contribution in [0.25, 0.3) is 16.8 Å². The molecule has 130 valence electrons. The van der Waals surface area contributed by atoms with Crippen LogP contribution in [-0.2, 0) is 0 Å². The number of nitrogens with zero attached hydrogens (tertiary/aromatic N) is 3. The SMILES string of the molecule is COc1cc(-c2cnn3ccc(Nc4cccc(Cl)c4)nc23)ccc1O. The van der Waals surface area contributed by atoms with Gasteiger partial charge in [0.1, 0.15) is 5.82 Å². The standard InChI is InChI=1S/C19H15ClN4O2/c1-26-17-9-12(5-6-16(17)25)15-11-21-24-8-7-18(23-19(15)24)22-14-4-2-3-13(20)10-14/h2-11,25H,1H3,(H,22,23). The van der Waals surface area contributed by atoms with Gasteiger partial charge in [0.05, 0.1) is 13.3 Å². The van der Waals surface area contributed by atoms with Crippen molar-refractivity contribution in [3.8, 4) is 22.6 Å². The van der Waals surface area contributed by atoms with Crippen LogP contribution in [0.3, 0.4) is 0 Å². The van der Waals surface area contributed by atoms with Crippen LogP contribution in [0.5, 0.6) is 11.5 Å². The third-order valence-electron chi connectivity index (χ3n) is 3.96. The van der Waals surface area contributed by atoms with Crippen LogP contribution in [0.2, 0.25) is 5.02 Å². The van der Waals surface area contributed by atoms with Crippen LogP contribution in [0.1, 0.15) is 0 Å². The van der Waals surface area contributed by atoms with Crippen molar-refractivity contribution in [2.75, 3.05) is 12.4 Å². The number of anilines is 2. The van der Waals surface area contributed by atoms with Gasteiger partial charge in [0.15, 0.2) is 17.1 Å². The molecule has 4 aromatic rings. The molecule has 0 saturated carbocycles. The molecule has 0 bridgehead atoms. The number of halogens is 1. The van der Waals surface area contributed by atoms with Gasteiger partial charge in [-0.2, -0.15) is 5.10 Å². The van der Waals surface area contributed by atoms with Gasteiger partial charge in [-0.15, -0.1) is 0 Å². The number of benzene rings is 2. The maximum atomic E-state index is 9.79. The molecule has 0 spiro atoms. The summed E-state index contributed by atoms with van der Waals surface area (Å²) in [5.41, 5.74) is 3.21. The molecule has 2 N–H and O–H groups in total. The molecule has 0 aliphatic heterocycles. The fourth-order valence-corrected chi connectivity index (χ4v) is 2.89. The van der Waals surface area contributed by atoms with Gasteiger partial charge in [0.2, 0.25) is 0 Å². The minimum absolute atomic E-state index is 0.0870. The molecule has 0 amide bonds. The first-order chi connectivity index (χ1) is 12.6. The van der Waals surface area contributed by atoms with E-state index in [9.17, 15) is 5.11 Å². The van der Waals surface area contributed by atoms with E-state index in [4.69, 9.17) is 16.3 Å². The summed E-state index contributed by atoms with van der Waals surface area (Å²) >= 11 is 6.03. The zero-order chi connectivity index (χ0) is 18.1. The number of rotatable bonds is 4. The summed E-state index contributed by atoms with van der Waals surface area (Å²) < 4.78 is 6.88. The van der Waals surface area contributed by atoms with Gasteiger partial charge in [-0.25, -0.2) is 9.50 Å². The molecule has 4 rings (SSSR count). The maximum absolute atomic E-state index is 9.79. The molecule has 0 atom stereocenters. The number of methoxy groups -OCH3 is 1. The van der Waals surface area contributed by atoms with Crippen LogP contribution in [0, 0.1) is 0 Å². The smallest absolute Gasteiger partial charge is 0.165 e. The van der Waals surface area contributed by atoms with Crippen LogP contribution >= 0.6 is 11.6 Å². The molecule has 0 saturated heterocycles. The summed E-state index contributed by atoms with van der Waals surface area (Å²) in [5, 5.41) is 18.0. The van der Waals surface area contributed by atoms with Crippen molar-refractivity contribution in [2.24, 2.45) is 0 Å². The minimum atomic E-state index is 0.0870. The lowest BCUT2D eigenvalue weighted by Gasteiger charge is -2.08. The molecular formula is C19H15ClN4O2. The molecule has 0 fully saturated rings. The monoisotopic (exact) mass is 366 g/mol. The number of phenolic OH excluding ortho intramolecular Hbond substituents is 1. The number of fused-ring (bicyclic) bond motifs is 1. The average Bonchev–Trinajstić information content (AvgIpc) is 3.05. The quantitative estimate of drug-likeness (QED) is 0.556. The normalized spacial score (nSPS) is 10.8. The molecule has 2 aromatic heterocycles. The Morgan fingerprint density at radius 2 is 2.04 bits per heavy atom. The Balaban J connectivity index is 1.75. The van der Waals surface area contributed by atoms with E-state index in [1.165, 1.54) is 7.11 Å². The van der Waals surface area contributed by atoms with E-state index >= 15 is 0 Å². The van der Waals surface area contributed by atoms with Gasteiger partial charge in [0.25, 0.3) is 0 Å². The lowest BCUT2D eigenvalue weighted by Crippen LogP contribution is -1.97. The topological polar surface area (TPSA) is 71.7 Å². The van der Waals surface area contributed by atoms with Crippen LogP contribution < -0.4 is 10.1 Å². The summed E-state index contributed by atoms with van der Waals surface area (Å²) in [6, 6.07) is 14.4. The van der Waals surface area contributed by atoms with E-state index in [0.717, 1.165) is 16.8 Å². The number of hydrogen-bond donors (Lipinski definition) is 2. The minimum Gasteiger partial charge on any atom is -0.504 e. The predicted octanol–water partition coefficient (Wildman–Crippen LogP) is 4.51. The van der Waals surface area contributed by atoms with Gasteiger partial charge in [0, 0.05) is 22.5 Å². The summed E-state index contributed by atoms with van der Waals surface area (Å²) in [4.78, 5) is 4.66. The van der Waals surface area contributed by atoms with E-state index in [1.807, 2.05) is 36.5 Å². The Kier molecular flexibility index (Phi) is 4.10. The zero-order valence-corrected chi connectivity index (χ0v) is 14.6. The van der Waals surface area contributed by atoms with Crippen molar-refractivity contribution >= 4 is 28.8 Å². The molecule has 0 unspecified atom stereocenters. The summed E-state index contributed by atoms with van der Waals surface area (Å²) in [7, 11) is 1.51. The maximum Gasteiger partial charge on any atom is 0.165 e. The molecule has 2 aromatic carbocycles. The van der Waals surface area contributed by atoms with Crippen molar-refractivity contribution in [3.63, 3.8) is 0 Å². The van der Waals surface area contributed by atoms with Crippen LogP contribution in [0.4, 0.5) is 11.5 Å². The second-order valence-corrected chi connectivity index (χ2v) is 6.10. The van der Waals surface area contributed by atoms with E-state index in [2.05, 4.69) is 15.4 Å². The fourth-order valence-electron chi connectivity index (χ4n) is 2.70. The average molecular weight is 367 g/mol. The highest BCUT2D eigenvalue weighted by Gasteiger charge is 2.12. The molecule has 0 radical (unpaired) electrons. The van der Waals surface area contributed by atoms with E-state index < -0.39 is 0 Å². The van der Waals surface area contributed by atoms with Gasteiger partial charge in [-0.3, -0.25) is 0 Å². The first kappa shape index (κ1) is 16.2. The highest BCUT2D eigenvalue weighted by molar-refractivity contribution is 6.30. The van der Waals surface area contributed by atoms with E-state index in [0.29, 0.717) is 22.2 Å². The van der Waals surface area contributed by atoms with Gasteiger partial charge >= 0.3 is 0 Å². The molecule has 0 aliphatic carbocycles. The second kappa shape index (κ2) is 6.57. The van der Waals surface area contributed by atoms with Gasteiger partial charge in [-0.05, 0) is 42.0 Å². The molecule has 2 heterocycles. The molecule has 0 aliphatic rings. The van der Waals surface area contributed by atoms with Crippen molar-refractivity contribution in [3.05, 3.63) is 65.9 Å². The Morgan fingerprint density at radius 1 is 1.15 bits per heavy atom. The largest absolute Gasteiger partial charge is 0.504 e. The van der Waals surface area contributed by atoms with Crippen molar-refractivity contribution < 1.29 is 9.84 Å². The van der Waals surface area contributed by atoms with Gasteiger partial charge in [-0.1, -0.05) is 23.7 Å². The summed E-state index contributed by atoms with van der Waals surface area (Å²) in [6.45, 7) is 0. The highest BCUT2D eigenvalue weighted by atomic mass is 35.5. The zero-order valence-electron chi connectivity index (χ0n) is 13.8. The van der Waals surface area contributed by atoms with E-state index in [-0.39, 0.29) is 5.75 Å². The van der Waals surface area contributed by atoms with Crippen LogP contribution in [0.15, 0.2) is 60.9 Å². The number of aromatic hydroxyl groups is 1. The molecule has 7 heteroatoms. The summed E-state index contributed by atoms with van der Waals surface area (Å²) in [5.74, 6) is 1.16. The first-order valence-electron chi connectivity index (χ1n) is 7.88. The first-order valence-corrected chi connectivity index (χ1v) is 8.26. The highest BCUT2D eigenvalue weighted by Crippen LogP contribution is 2.33. The Labute approximate surface area is 154 Å². The summed E-state index contributed by atoms with van der Waals surface area (Å²) in [6.07, 6.45) is 3.56. The Bertz CT molecular complexity index is 1090. The number of phenols is 1. The second-order valence-electron chi connectivity index (χ2n) is 5.66. The number of nitrogens with one attached hydrogen (secondary N) is 1. The molecule has 6 nitrogen and oxygen atoms in total. The third kappa shape index (κ3) is 3.02. The number of aromatic nitrogens is 3. The number of ether oxygens (including phenoxy) is 1. The lowest BCUT2D eigenvalue weighted by atomic mass is 10.1. The van der Waals surface area contributed by atoms with E-state index in [1.54, 1.807) is 28.9 Å². The van der Waals surface area contributed by atoms with Gasteiger partial charge < -0.3 is 15.2 Å². The van der Waals surface area contributed by atoms with Crippen molar-refractivity contribution in [1.82, 2.24) is 14.6 Å². The van der Waals surface area contributed by atoms with Crippen LogP contribution in [-0.4, -0.2) is 26.8 Å². The predicted molar refractivity (Wildman–Crippen MR) is 101 cm³/mol.